The molecule has 10 N–H and O–H groups in total. The lowest BCUT2D eigenvalue weighted by Crippen LogP contribution is -2.55. The number of thioether (sulfide) groups is 1. The zero-order chi connectivity index (χ0) is 24.1. The minimum Gasteiger partial charge on any atom is -0.508 e. The number of aromatic hydroxyl groups is 1. The largest absolute Gasteiger partial charge is 0.508 e. The number of nitrogens with one attached hydrogen (secondary N) is 2. The third kappa shape index (κ3) is 10.4. The average molecular weight is 469 g/mol. The first kappa shape index (κ1) is 27.0. The number of hydrogen-bond acceptors (Lipinski definition) is 7. The van der Waals surface area contributed by atoms with Crippen molar-refractivity contribution < 1.29 is 24.6 Å². The molecule has 178 valence electrons. The van der Waals surface area contributed by atoms with E-state index in [0.717, 1.165) is 0 Å². The van der Waals surface area contributed by atoms with Gasteiger partial charge in [0.05, 0.1) is 6.04 Å². The van der Waals surface area contributed by atoms with E-state index in [4.69, 9.17) is 17.2 Å². The first-order valence-corrected chi connectivity index (χ1v) is 11.4. The summed E-state index contributed by atoms with van der Waals surface area (Å²) < 4.78 is 0. The summed E-state index contributed by atoms with van der Waals surface area (Å²) in [5, 5.41) is 24.0. The topological polar surface area (TPSA) is 206 Å². The second-order valence-corrected chi connectivity index (χ2v) is 8.15. The number of nitrogens with two attached hydrogens (primary N) is 3. The summed E-state index contributed by atoms with van der Waals surface area (Å²) in [7, 11) is 0. The summed E-state index contributed by atoms with van der Waals surface area (Å²) in [5.74, 6) is -1.74. The van der Waals surface area contributed by atoms with Crippen molar-refractivity contribution in [3.8, 4) is 5.75 Å². The van der Waals surface area contributed by atoms with Gasteiger partial charge in [-0.25, -0.2) is 4.79 Å². The predicted molar refractivity (Wildman–Crippen MR) is 124 cm³/mol. The van der Waals surface area contributed by atoms with E-state index in [1.165, 1.54) is 23.9 Å². The van der Waals surface area contributed by atoms with E-state index in [9.17, 15) is 24.6 Å². The number of benzene rings is 1. The minimum atomic E-state index is -1.21. The quantitative estimate of drug-likeness (QED) is 0.103. The summed E-state index contributed by atoms with van der Waals surface area (Å²) in [5.41, 5.74) is 17.0. The highest BCUT2D eigenvalue weighted by molar-refractivity contribution is 7.98. The van der Waals surface area contributed by atoms with Crippen molar-refractivity contribution in [2.45, 2.75) is 43.8 Å². The molecular formula is C20H32N6O5S. The predicted octanol–water partition coefficient (Wildman–Crippen LogP) is -0.877. The highest BCUT2D eigenvalue weighted by Crippen LogP contribution is 2.12. The highest BCUT2D eigenvalue weighted by atomic mass is 32.2. The van der Waals surface area contributed by atoms with Gasteiger partial charge < -0.3 is 38.0 Å². The molecule has 0 aliphatic carbocycles. The van der Waals surface area contributed by atoms with E-state index < -0.39 is 35.9 Å². The Hall–Kier alpha value is -2.99. The molecule has 12 heteroatoms. The van der Waals surface area contributed by atoms with E-state index in [-0.39, 0.29) is 18.1 Å². The van der Waals surface area contributed by atoms with Crippen LogP contribution in [0.3, 0.4) is 0 Å². The molecule has 1 aromatic rings. The number of carboxylic acid groups (broad SMARTS) is 1. The Morgan fingerprint density at radius 1 is 1.06 bits per heavy atom. The lowest BCUT2D eigenvalue weighted by atomic mass is 10.0. The fourth-order valence-corrected chi connectivity index (χ4v) is 3.25. The molecule has 0 aliphatic rings. The summed E-state index contributed by atoms with van der Waals surface area (Å²) in [6, 6.07) is 3.03. The van der Waals surface area contributed by atoms with Gasteiger partial charge in [0.2, 0.25) is 11.8 Å². The molecule has 1 rings (SSSR count). The smallest absolute Gasteiger partial charge is 0.326 e. The van der Waals surface area contributed by atoms with Gasteiger partial charge in [0.1, 0.15) is 17.8 Å². The Labute approximate surface area is 191 Å². The number of aliphatic carboxylic acids is 1. The zero-order valence-electron chi connectivity index (χ0n) is 18.0. The van der Waals surface area contributed by atoms with Crippen LogP contribution in [0.4, 0.5) is 0 Å². The van der Waals surface area contributed by atoms with Crippen molar-refractivity contribution >= 4 is 35.5 Å². The normalized spacial score (nSPS) is 13.4. The minimum absolute atomic E-state index is 0.0227. The van der Waals surface area contributed by atoms with Crippen LogP contribution in [0.1, 0.15) is 24.8 Å². The van der Waals surface area contributed by atoms with Crippen LogP contribution < -0.4 is 27.8 Å². The first-order chi connectivity index (χ1) is 15.1. The third-order valence-corrected chi connectivity index (χ3v) is 5.18. The van der Waals surface area contributed by atoms with Crippen molar-refractivity contribution in [3.63, 3.8) is 0 Å². The van der Waals surface area contributed by atoms with Crippen molar-refractivity contribution in [3.05, 3.63) is 29.8 Å². The number of carbonyl (C=O) groups is 3. The molecule has 32 heavy (non-hydrogen) atoms. The lowest BCUT2D eigenvalue weighted by Gasteiger charge is -2.23. The molecule has 2 amide bonds. The van der Waals surface area contributed by atoms with Crippen LogP contribution in [0.5, 0.6) is 5.75 Å². The number of guanidine groups is 1. The summed E-state index contributed by atoms with van der Waals surface area (Å²) in [4.78, 5) is 40.7. The molecule has 3 atom stereocenters. The summed E-state index contributed by atoms with van der Waals surface area (Å²) >= 11 is 1.49. The van der Waals surface area contributed by atoms with Gasteiger partial charge in [-0.1, -0.05) is 12.1 Å². The maximum atomic E-state index is 12.8. The number of aliphatic imine (C=N–C) groups is 1. The van der Waals surface area contributed by atoms with Crippen LogP contribution in [0.25, 0.3) is 0 Å². The van der Waals surface area contributed by atoms with Crippen LogP contribution in [-0.4, -0.2) is 70.6 Å². The van der Waals surface area contributed by atoms with Crippen LogP contribution in [-0.2, 0) is 20.8 Å². The monoisotopic (exact) mass is 468 g/mol. The molecule has 0 heterocycles. The van der Waals surface area contributed by atoms with Gasteiger partial charge in [-0.15, -0.1) is 0 Å². The van der Waals surface area contributed by atoms with Gasteiger partial charge in [0.15, 0.2) is 5.96 Å². The van der Waals surface area contributed by atoms with Gasteiger partial charge >= 0.3 is 5.97 Å². The van der Waals surface area contributed by atoms with E-state index in [0.29, 0.717) is 37.1 Å². The molecule has 0 spiro atoms. The number of carbonyl (C=O) groups excluding carboxylic acids is 2. The van der Waals surface area contributed by atoms with Gasteiger partial charge in [0, 0.05) is 13.0 Å². The molecule has 0 bridgehead atoms. The van der Waals surface area contributed by atoms with E-state index in [2.05, 4.69) is 15.6 Å². The van der Waals surface area contributed by atoms with Gasteiger partial charge in [0.25, 0.3) is 0 Å². The second kappa shape index (κ2) is 14.1. The molecule has 0 radical (unpaired) electrons. The van der Waals surface area contributed by atoms with Gasteiger partial charge in [-0.3, -0.25) is 14.6 Å². The lowest BCUT2D eigenvalue weighted by molar-refractivity contribution is -0.142. The number of hydrogen-bond donors (Lipinski definition) is 7. The Balaban J connectivity index is 2.75. The number of nitrogens with zero attached hydrogens (tertiary/aromatic N) is 1. The maximum absolute atomic E-state index is 12.8. The number of phenols is 1. The standard InChI is InChI=1S/C20H32N6O5S/c1-32-10-8-15(25-17(28)14(21)3-2-9-24-20(22)23)18(29)26-16(19(30)31)11-12-4-6-13(27)7-5-12/h4-7,14-16,27H,2-3,8-11,21H2,1H3,(H,25,28)(H,26,29)(H,30,31)(H4,22,23,24). The maximum Gasteiger partial charge on any atom is 0.326 e. The number of carboxylic acids is 1. The molecule has 0 fully saturated rings. The van der Waals surface area contributed by atoms with Crippen LogP contribution in [0, 0.1) is 0 Å². The second-order valence-electron chi connectivity index (χ2n) is 7.17. The van der Waals surface area contributed by atoms with Crippen LogP contribution in [0.15, 0.2) is 29.3 Å². The zero-order valence-corrected chi connectivity index (χ0v) is 18.8. The highest BCUT2D eigenvalue weighted by Gasteiger charge is 2.27. The van der Waals surface area contributed by atoms with Crippen molar-refractivity contribution in [2.75, 3.05) is 18.6 Å². The van der Waals surface area contributed by atoms with Gasteiger partial charge in [-0.2, -0.15) is 11.8 Å². The number of rotatable bonds is 14. The first-order valence-electron chi connectivity index (χ1n) is 10.1. The van der Waals surface area contributed by atoms with Crippen LogP contribution >= 0.6 is 11.8 Å². The molecule has 3 unspecified atom stereocenters. The average Bonchev–Trinajstić information content (AvgIpc) is 2.74. The van der Waals surface area contributed by atoms with E-state index in [1.807, 2.05) is 6.26 Å². The molecule has 1 aromatic carbocycles. The van der Waals surface area contributed by atoms with Gasteiger partial charge in [-0.05, 0) is 49.0 Å². The fourth-order valence-electron chi connectivity index (χ4n) is 2.77. The van der Waals surface area contributed by atoms with E-state index in [1.54, 1.807) is 12.1 Å². The number of amides is 2. The Bertz CT molecular complexity index is 785. The molecule has 0 aliphatic heterocycles. The summed E-state index contributed by atoms with van der Waals surface area (Å²) in [6.45, 7) is 0.331. The SMILES string of the molecule is CSCCC(NC(=O)C(N)CCCN=C(N)N)C(=O)NC(Cc1ccc(O)cc1)C(=O)O. The fraction of sp³-hybridized carbons (Fsp3) is 0.500. The van der Waals surface area contributed by atoms with Crippen molar-refractivity contribution in [1.29, 1.82) is 0 Å². The van der Waals surface area contributed by atoms with E-state index >= 15 is 0 Å². The third-order valence-electron chi connectivity index (χ3n) is 4.54. The molecule has 0 aromatic heterocycles. The number of phenolic OH excluding ortho intramolecular Hbond substituents is 1. The van der Waals surface area contributed by atoms with Crippen LogP contribution in [0.2, 0.25) is 0 Å². The Kier molecular flexibility index (Phi) is 12.0. The van der Waals surface area contributed by atoms with Crippen molar-refractivity contribution in [2.24, 2.45) is 22.2 Å². The molecule has 0 saturated heterocycles. The molecule has 11 nitrogen and oxygen atoms in total. The molecule has 0 saturated carbocycles. The Morgan fingerprint density at radius 2 is 1.69 bits per heavy atom. The van der Waals surface area contributed by atoms with Crippen molar-refractivity contribution in [1.82, 2.24) is 10.6 Å². The molecular weight excluding hydrogens is 436 g/mol. The summed E-state index contributed by atoms with van der Waals surface area (Å²) in [6.07, 6.45) is 3.00. The Morgan fingerprint density at radius 3 is 2.25 bits per heavy atom.